The van der Waals surface area contributed by atoms with Crippen LogP contribution in [0.4, 0.5) is 0 Å². The molecule has 0 radical (unpaired) electrons. The Bertz CT molecular complexity index is 1310. The summed E-state index contributed by atoms with van der Waals surface area (Å²) < 4.78 is 11.8. The van der Waals surface area contributed by atoms with Crippen LogP contribution in [0.25, 0.3) is 44.6 Å². The number of nitrogens with zero attached hydrogens (tertiary/aromatic N) is 3. The lowest BCUT2D eigenvalue weighted by molar-refractivity contribution is 0.302. The van der Waals surface area contributed by atoms with Crippen molar-refractivity contribution in [3.63, 3.8) is 0 Å². The third-order valence-corrected chi connectivity index (χ3v) is 5.08. The Kier molecular flexibility index (Phi) is 3.13. The number of oxazole rings is 1. The molecule has 6 heteroatoms. The van der Waals surface area contributed by atoms with Crippen LogP contribution in [0, 0.1) is 0 Å². The number of pyridine rings is 1. The van der Waals surface area contributed by atoms with Crippen LogP contribution in [-0.4, -0.2) is 20.2 Å². The molecule has 0 saturated carbocycles. The highest BCUT2D eigenvalue weighted by Gasteiger charge is 2.27. The zero-order valence-corrected chi connectivity index (χ0v) is 14.7. The lowest BCUT2D eigenvalue weighted by atomic mass is 9.90. The number of aromatic amines is 1. The van der Waals surface area contributed by atoms with E-state index in [1.54, 1.807) is 12.4 Å². The maximum absolute atomic E-state index is 6.08. The van der Waals surface area contributed by atoms with Gasteiger partial charge in [0.2, 0.25) is 0 Å². The van der Waals surface area contributed by atoms with E-state index in [4.69, 9.17) is 14.1 Å². The first-order valence-electron chi connectivity index (χ1n) is 8.95. The van der Waals surface area contributed by atoms with Crippen LogP contribution in [0.2, 0.25) is 0 Å². The molecule has 6 rings (SSSR count). The first kappa shape index (κ1) is 15.2. The van der Waals surface area contributed by atoms with E-state index in [2.05, 4.69) is 27.3 Å². The highest BCUT2D eigenvalue weighted by molar-refractivity contribution is 5.97. The summed E-state index contributed by atoms with van der Waals surface area (Å²) in [6.07, 6.45) is 6.81. The third-order valence-electron chi connectivity index (χ3n) is 5.08. The monoisotopic (exact) mass is 366 g/mol. The van der Waals surface area contributed by atoms with Gasteiger partial charge in [0.25, 0.3) is 0 Å². The van der Waals surface area contributed by atoms with Gasteiger partial charge in [0, 0.05) is 28.3 Å². The van der Waals surface area contributed by atoms with Crippen molar-refractivity contribution < 1.29 is 9.15 Å². The highest BCUT2D eigenvalue weighted by Crippen LogP contribution is 2.47. The molecule has 28 heavy (non-hydrogen) atoms. The molecule has 4 heterocycles. The minimum absolute atomic E-state index is 0.487. The molecule has 0 aliphatic carbocycles. The molecule has 5 aromatic rings. The number of ether oxygens (including phenoxy) is 1. The van der Waals surface area contributed by atoms with E-state index in [-0.39, 0.29) is 0 Å². The number of benzene rings is 2. The second-order valence-corrected chi connectivity index (χ2v) is 6.69. The van der Waals surface area contributed by atoms with Gasteiger partial charge in [-0.05, 0) is 29.8 Å². The number of H-pyrrole nitrogens is 1. The molecule has 2 aromatic carbocycles. The molecular formula is C22H14N4O2. The molecule has 134 valence electrons. The Labute approximate surface area is 159 Å². The Balaban J connectivity index is 1.72. The van der Waals surface area contributed by atoms with Crippen molar-refractivity contribution in [2.24, 2.45) is 0 Å². The van der Waals surface area contributed by atoms with Crippen LogP contribution >= 0.6 is 0 Å². The van der Waals surface area contributed by atoms with Crippen molar-refractivity contribution in [3.05, 3.63) is 73.0 Å². The molecule has 1 N–H and O–H groups in total. The average Bonchev–Trinajstić information content (AvgIpc) is 3.45. The molecule has 0 fully saturated rings. The van der Waals surface area contributed by atoms with Gasteiger partial charge in [-0.3, -0.25) is 5.10 Å². The smallest absolute Gasteiger partial charge is 0.181 e. The minimum Gasteiger partial charge on any atom is -0.488 e. The van der Waals surface area contributed by atoms with E-state index in [0.29, 0.717) is 12.4 Å². The van der Waals surface area contributed by atoms with E-state index in [1.165, 1.54) is 6.39 Å². The first-order chi connectivity index (χ1) is 13.9. The van der Waals surface area contributed by atoms with Crippen molar-refractivity contribution in [2.75, 3.05) is 0 Å². The summed E-state index contributed by atoms with van der Waals surface area (Å²) in [4.78, 5) is 9.11. The largest absolute Gasteiger partial charge is 0.488 e. The van der Waals surface area contributed by atoms with Crippen LogP contribution in [0.15, 0.2) is 71.9 Å². The number of nitrogens with one attached hydrogen (secondary N) is 1. The van der Waals surface area contributed by atoms with Gasteiger partial charge in [-0.15, -0.1) is 0 Å². The third kappa shape index (κ3) is 2.18. The molecule has 1 aliphatic rings. The highest BCUT2D eigenvalue weighted by atomic mass is 16.5. The Morgan fingerprint density at radius 2 is 1.96 bits per heavy atom. The van der Waals surface area contributed by atoms with Crippen molar-refractivity contribution >= 4 is 10.9 Å². The molecule has 0 atom stereocenters. The molecule has 0 spiro atoms. The van der Waals surface area contributed by atoms with Gasteiger partial charge in [0.1, 0.15) is 12.4 Å². The van der Waals surface area contributed by atoms with Gasteiger partial charge in [0.15, 0.2) is 12.2 Å². The van der Waals surface area contributed by atoms with E-state index in [9.17, 15) is 0 Å². The van der Waals surface area contributed by atoms with Gasteiger partial charge in [-0.2, -0.15) is 5.10 Å². The molecule has 0 bridgehead atoms. The normalized spacial score (nSPS) is 12.4. The van der Waals surface area contributed by atoms with E-state index in [0.717, 1.165) is 50.2 Å². The maximum atomic E-state index is 6.08. The second-order valence-electron chi connectivity index (χ2n) is 6.69. The van der Waals surface area contributed by atoms with Gasteiger partial charge in [-0.25, -0.2) is 9.97 Å². The number of aromatic nitrogens is 4. The summed E-state index contributed by atoms with van der Waals surface area (Å²) in [6, 6.07) is 14.3. The molecular weight excluding hydrogens is 352 g/mol. The maximum Gasteiger partial charge on any atom is 0.181 e. The van der Waals surface area contributed by atoms with Crippen molar-refractivity contribution in [3.8, 4) is 39.5 Å². The molecule has 3 aromatic heterocycles. The molecule has 0 unspecified atom stereocenters. The van der Waals surface area contributed by atoms with Crippen LogP contribution in [0.3, 0.4) is 0 Å². The second kappa shape index (κ2) is 5.79. The summed E-state index contributed by atoms with van der Waals surface area (Å²) in [5.41, 5.74) is 6.68. The topological polar surface area (TPSA) is 76.8 Å². The van der Waals surface area contributed by atoms with Crippen LogP contribution in [0.5, 0.6) is 5.75 Å². The predicted molar refractivity (Wildman–Crippen MR) is 105 cm³/mol. The lowest BCUT2D eigenvalue weighted by Crippen LogP contribution is -2.09. The van der Waals surface area contributed by atoms with Gasteiger partial charge < -0.3 is 9.15 Å². The van der Waals surface area contributed by atoms with Gasteiger partial charge in [-0.1, -0.05) is 18.2 Å². The van der Waals surface area contributed by atoms with E-state index >= 15 is 0 Å². The van der Waals surface area contributed by atoms with Crippen molar-refractivity contribution in [1.82, 2.24) is 20.2 Å². The summed E-state index contributed by atoms with van der Waals surface area (Å²) in [6.45, 7) is 0.487. The Hall–Kier alpha value is -3.93. The molecule has 0 saturated heterocycles. The summed E-state index contributed by atoms with van der Waals surface area (Å²) in [5.74, 6) is 1.45. The SMILES string of the molecule is c1ccc2nc3c(cc2c1)COc1ccc(-c2cn[nH]c2)c(-c2cnco2)c1-3. The Morgan fingerprint density at radius 3 is 2.82 bits per heavy atom. The zero-order valence-electron chi connectivity index (χ0n) is 14.7. The fourth-order valence-electron chi connectivity index (χ4n) is 3.81. The van der Waals surface area contributed by atoms with Crippen molar-refractivity contribution in [1.29, 1.82) is 0 Å². The van der Waals surface area contributed by atoms with Crippen LogP contribution in [0.1, 0.15) is 5.56 Å². The Morgan fingerprint density at radius 1 is 1.00 bits per heavy atom. The number of fused-ring (bicyclic) bond motifs is 4. The first-order valence-corrected chi connectivity index (χ1v) is 8.95. The van der Waals surface area contributed by atoms with Crippen LogP contribution < -0.4 is 4.74 Å². The lowest BCUT2D eigenvalue weighted by Gasteiger charge is -2.24. The van der Waals surface area contributed by atoms with Gasteiger partial charge in [0.05, 0.1) is 29.2 Å². The summed E-state index contributed by atoms with van der Waals surface area (Å²) in [5, 5.41) is 8.08. The summed E-state index contributed by atoms with van der Waals surface area (Å²) in [7, 11) is 0. The molecule has 1 aliphatic heterocycles. The van der Waals surface area contributed by atoms with Crippen LogP contribution in [-0.2, 0) is 6.61 Å². The fourth-order valence-corrected chi connectivity index (χ4v) is 3.81. The quantitative estimate of drug-likeness (QED) is 0.484. The average molecular weight is 366 g/mol. The number of rotatable bonds is 2. The van der Waals surface area contributed by atoms with E-state index in [1.807, 2.05) is 36.5 Å². The number of hydrogen-bond donors (Lipinski definition) is 1. The van der Waals surface area contributed by atoms with E-state index < -0.39 is 0 Å². The minimum atomic E-state index is 0.487. The van der Waals surface area contributed by atoms with Gasteiger partial charge >= 0.3 is 0 Å². The number of para-hydroxylation sites is 1. The van der Waals surface area contributed by atoms with Crippen molar-refractivity contribution in [2.45, 2.75) is 6.61 Å². The fraction of sp³-hybridized carbons (Fsp3) is 0.0455. The summed E-state index contributed by atoms with van der Waals surface area (Å²) >= 11 is 0. The number of hydrogen-bond acceptors (Lipinski definition) is 5. The predicted octanol–water partition coefficient (Wildman–Crippen LogP) is 4.84. The molecule has 6 nitrogen and oxygen atoms in total. The molecule has 0 amide bonds. The zero-order chi connectivity index (χ0) is 18.5. The standard InChI is InChI=1S/C22H14N4O2/c1-2-4-17-13(3-1)7-14-11-27-18-6-5-16(15-8-24-25-9-15)20(19-10-23-12-28-19)21(18)22(14)26-17/h1-10,12H,11H2,(H,24,25).